The van der Waals surface area contributed by atoms with Crippen LogP contribution in [0.1, 0.15) is 32.6 Å². The third-order valence-electron chi connectivity index (χ3n) is 4.17. The lowest BCUT2D eigenvalue weighted by Gasteiger charge is -2.30. The Kier molecular flexibility index (Phi) is 7.77. The van der Waals surface area contributed by atoms with Crippen LogP contribution in [-0.2, 0) is 9.47 Å². The van der Waals surface area contributed by atoms with E-state index in [1.165, 1.54) is 14.2 Å². The zero-order chi connectivity index (χ0) is 16.5. The van der Waals surface area contributed by atoms with Gasteiger partial charge in [-0.2, -0.15) is 0 Å². The van der Waals surface area contributed by atoms with E-state index in [0.29, 0.717) is 26.1 Å². The maximum absolute atomic E-state index is 11.9. The molecule has 1 saturated heterocycles. The van der Waals surface area contributed by atoms with Gasteiger partial charge in [-0.1, -0.05) is 19.4 Å². The fraction of sp³-hybridized carbons (Fsp3) is 0.750. The van der Waals surface area contributed by atoms with E-state index in [0.717, 1.165) is 19.3 Å². The van der Waals surface area contributed by atoms with Crippen LogP contribution < -0.4 is 0 Å². The summed E-state index contributed by atoms with van der Waals surface area (Å²) in [6.45, 7) is 7.79. The molecule has 22 heavy (non-hydrogen) atoms. The summed E-state index contributed by atoms with van der Waals surface area (Å²) in [5.41, 5.74) is 0. The van der Waals surface area contributed by atoms with Gasteiger partial charge in [0.2, 0.25) is 0 Å². The summed E-state index contributed by atoms with van der Waals surface area (Å²) in [5, 5.41) is 0. The summed E-state index contributed by atoms with van der Waals surface area (Å²) in [4.78, 5) is 27.3. The van der Waals surface area contributed by atoms with Gasteiger partial charge in [0.05, 0.1) is 14.2 Å². The van der Waals surface area contributed by atoms with Crippen molar-refractivity contribution < 1.29 is 19.1 Å². The minimum Gasteiger partial charge on any atom is -0.453 e. The molecular weight excluding hydrogens is 284 g/mol. The molecule has 6 nitrogen and oxygen atoms in total. The van der Waals surface area contributed by atoms with Crippen LogP contribution in [0.3, 0.4) is 0 Å². The van der Waals surface area contributed by atoms with Gasteiger partial charge in [-0.15, -0.1) is 6.58 Å². The first-order valence-corrected chi connectivity index (χ1v) is 7.87. The number of carbonyl (C=O) groups excluding carboxylic acids is 2. The highest BCUT2D eigenvalue weighted by Crippen LogP contribution is 2.29. The lowest BCUT2D eigenvalue weighted by atomic mass is 9.97. The summed E-state index contributed by atoms with van der Waals surface area (Å²) >= 11 is 0. The fourth-order valence-electron chi connectivity index (χ4n) is 2.98. The Hall–Kier alpha value is -1.72. The Morgan fingerprint density at radius 3 is 2.64 bits per heavy atom. The van der Waals surface area contributed by atoms with Gasteiger partial charge in [0, 0.05) is 25.7 Å². The lowest BCUT2D eigenvalue weighted by molar-refractivity contribution is 0.101. The van der Waals surface area contributed by atoms with Gasteiger partial charge in [-0.3, -0.25) is 0 Å². The number of ether oxygens (including phenoxy) is 2. The van der Waals surface area contributed by atoms with E-state index in [1.807, 2.05) is 6.08 Å². The van der Waals surface area contributed by atoms with Crippen LogP contribution >= 0.6 is 0 Å². The van der Waals surface area contributed by atoms with E-state index in [4.69, 9.17) is 9.47 Å². The molecule has 0 radical (unpaired) electrons. The van der Waals surface area contributed by atoms with Gasteiger partial charge in [0.1, 0.15) is 0 Å². The van der Waals surface area contributed by atoms with Crippen LogP contribution in [0.25, 0.3) is 0 Å². The lowest BCUT2D eigenvalue weighted by Crippen LogP contribution is -2.42. The molecule has 6 heteroatoms. The van der Waals surface area contributed by atoms with Crippen molar-refractivity contribution in [1.82, 2.24) is 9.80 Å². The first-order chi connectivity index (χ1) is 10.6. The maximum Gasteiger partial charge on any atom is 0.409 e. The van der Waals surface area contributed by atoms with Crippen LogP contribution in [0.15, 0.2) is 12.7 Å². The van der Waals surface area contributed by atoms with Crippen molar-refractivity contribution in [1.29, 1.82) is 0 Å². The standard InChI is InChI=1S/C16H28N2O4/c1-5-7-10-17(15(19)21-3)12-13-9-11-18(16(20)22-4)14(13)8-6-2/h6,13-14H,2,5,7-12H2,1,3-4H3. The first kappa shape index (κ1) is 18.3. The van der Waals surface area contributed by atoms with Crippen LogP contribution in [0.4, 0.5) is 9.59 Å². The van der Waals surface area contributed by atoms with Gasteiger partial charge in [-0.05, 0) is 25.2 Å². The van der Waals surface area contributed by atoms with E-state index in [2.05, 4.69) is 13.5 Å². The average molecular weight is 312 g/mol. The highest BCUT2D eigenvalue weighted by atomic mass is 16.5. The van der Waals surface area contributed by atoms with Crippen molar-refractivity contribution in [2.45, 2.75) is 38.6 Å². The molecule has 0 N–H and O–H groups in total. The smallest absolute Gasteiger partial charge is 0.409 e. The number of unbranched alkanes of at least 4 members (excludes halogenated alkanes) is 1. The predicted octanol–water partition coefficient (Wildman–Crippen LogP) is 2.89. The van der Waals surface area contributed by atoms with Crippen molar-refractivity contribution in [3.05, 3.63) is 12.7 Å². The van der Waals surface area contributed by atoms with E-state index >= 15 is 0 Å². The quantitative estimate of drug-likeness (QED) is 0.678. The Morgan fingerprint density at radius 2 is 2.09 bits per heavy atom. The SMILES string of the molecule is C=CCC1C(CN(CCCC)C(=O)OC)CCN1C(=O)OC. The molecule has 1 rings (SSSR count). The second-order valence-electron chi connectivity index (χ2n) is 5.57. The number of hydrogen-bond donors (Lipinski definition) is 0. The highest BCUT2D eigenvalue weighted by Gasteiger charge is 2.38. The van der Waals surface area contributed by atoms with E-state index in [9.17, 15) is 9.59 Å². The van der Waals surface area contributed by atoms with Crippen LogP contribution in [-0.4, -0.2) is 61.9 Å². The van der Waals surface area contributed by atoms with Crippen molar-refractivity contribution in [3.63, 3.8) is 0 Å². The third-order valence-corrected chi connectivity index (χ3v) is 4.17. The topological polar surface area (TPSA) is 59.1 Å². The second-order valence-corrected chi connectivity index (χ2v) is 5.57. The molecule has 1 fully saturated rings. The molecule has 1 heterocycles. The molecule has 0 bridgehead atoms. The Balaban J connectivity index is 2.76. The molecule has 1 aliphatic heterocycles. The molecule has 0 aromatic carbocycles. The first-order valence-electron chi connectivity index (χ1n) is 7.87. The summed E-state index contributed by atoms with van der Waals surface area (Å²) in [6.07, 6.45) is 4.70. The molecule has 0 aromatic rings. The molecule has 1 aliphatic rings. The number of carbonyl (C=O) groups is 2. The number of hydrogen-bond acceptors (Lipinski definition) is 4. The maximum atomic E-state index is 11.9. The van der Waals surface area contributed by atoms with Crippen molar-refractivity contribution >= 4 is 12.2 Å². The van der Waals surface area contributed by atoms with E-state index in [-0.39, 0.29) is 24.1 Å². The van der Waals surface area contributed by atoms with Crippen LogP contribution in [0.5, 0.6) is 0 Å². The van der Waals surface area contributed by atoms with Gasteiger partial charge in [-0.25, -0.2) is 9.59 Å². The number of amides is 2. The second kappa shape index (κ2) is 9.33. The van der Waals surface area contributed by atoms with Crippen LogP contribution in [0, 0.1) is 5.92 Å². The molecule has 0 aliphatic carbocycles. The summed E-state index contributed by atoms with van der Waals surface area (Å²) in [5.74, 6) is 0.216. The molecule has 2 amide bonds. The minimum atomic E-state index is -0.312. The highest BCUT2D eigenvalue weighted by molar-refractivity contribution is 5.69. The molecule has 2 unspecified atom stereocenters. The average Bonchev–Trinajstić information content (AvgIpc) is 2.93. The summed E-state index contributed by atoms with van der Waals surface area (Å²) < 4.78 is 9.72. The van der Waals surface area contributed by atoms with Gasteiger partial charge < -0.3 is 19.3 Å². The minimum absolute atomic E-state index is 0.0266. The van der Waals surface area contributed by atoms with E-state index < -0.39 is 0 Å². The number of nitrogens with zero attached hydrogens (tertiary/aromatic N) is 2. The fourth-order valence-corrected chi connectivity index (χ4v) is 2.98. The molecule has 0 aromatic heterocycles. The summed E-state index contributed by atoms with van der Waals surface area (Å²) in [7, 11) is 2.79. The van der Waals surface area contributed by atoms with Gasteiger partial charge in [0.25, 0.3) is 0 Å². The molecule has 126 valence electrons. The van der Waals surface area contributed by atoms with Gasteiger partial charge >= 0.3 is 12.2 Å². The Morgan fingerprint density at radius 1 is 1.36 bits per heavy atom. The van der Waals surface area contributed by atoms with Gasteiger partial charge in [0.15, 0.2) is 0 Å². The molecule has 0 saturated carbocycles. The van der Waals surface area contributed by atoms with E-state index in [1.54, 1.807) is 9.80 Å². The third kappa shape index (κ3) is 4.64. The largest absolute Gasteiger partial charge is 0.453 e. The number of rotatable bonds is 7. The van der Waals surface area contributed by atoms with Crippen molar-refractivity contribution in [2.24, 2.45) is 5.92 Å². The zero-order valence-electron chi connectivity index (χ0n) is 13.9. The Labute approximate surface area is 133 Å². The number of methoxy groups -OCH3 is 2. The Bertz CT molecular complexity index is 386. The molecule has 2 atom stereocenters. The van der Waals surface area contributed by atoms with Crippen LogP contribution in [0.2, 0.25) is 0 Å². The normalized spacial score (nSPS) is 20.6. The number of likely N-dealkylation sites (tertiary alicyclic amines) is 1. The summed E-state index contributed by atoms with van der Waals surface area (Å²) in [6, 6.07) is 0.0266. The zero-order valence-corrected chi connectivity index (χ0v) is 13.9. The van der Waals surface area contributed by atoms with Crippen molar-refractivity contribution in [2.75, 3.05) is 33.9 Å². The predicted molar refractivity (Wildman–Crippen MR) is 84.7 cm³/mol. The molecular formula is C16H28N2O4. The van der Waals surface area contributed by atoms with Crippen molar-refractivity contribution in [3.8, 4) is 0 Å². The molecule has 0 spiro atoms. The monoisotopic (exact) mass is 312 g/mol.